The van der Waals surface area contributed by atoms with E-state index >= 15 is 0 Å². The molecule has 0 aromatic carbocycles. The summed E-state index contributed by atoms with van der Waals surface area (Å²) in [4.78, 5) is 12.4. The average molecular weight is 618 g/mol. The Morgan fingerprint density at radius 3 is 1.48 bits per heavy atom. The molecule has 0 aliphatic carbocycles. The van der Waals surface area contributed by atoms with Crippen LogP contribution in [-0.2, 0) is 14.9 Å². The zero-order valence-corrected chi connectivity index (χ0v) is 28.1. The van der Waals surface area contributed by atoms with Crippen molar-refractivity contribution < 1.29 is 28.0 Å². The zero-order chi connectivity index (χ0) is 31.3. The number of hydrogen-bond acceptors (Lipinski definition) is 5. The average Bonchev–Trinajstić information content (AvgIpc) is 2.94. The molecular weight excluding hydrogens is 550 g/mol. The van der Waals surface area contributed by atoms with E-state index in [1.807, 2.05) is 6.08 Å². The molecule has 42 heavy (non-hydrogen) atoms. The van der Waals surface area contributed by atoms with Gasteiger partial charge in [-0.2, -0.15) is 8.42 Å². The highest BCUT2D eigenvalue weighted by Crippen LogP contribution is 2.16. The standard InChI is InChI=1S/C34H67NO6S/c1-3-5-7-9-11-13-14-15-16-17-18-19-20-21-23-24-26-28-32(36)31(30-42(39,40)41)35-34(38)33(37)29-27-25-22-12-10-8-6-4-2/h22,25,31-33,36-37H,3-21,23-24,26-30H2,1-2H3,(H,35,38)(H,39,40,41)/b25-22-. The Hall–Kier alpha value is -0.960. The Bertz CT molecular complexity index is 742. The Morgan fingerprint density at radius 1 is 0.619 bits per heavy atom. The van der Waals surface area contributed by atoms with Crippen molar-refractivity contribution in [3.8, 4) is 0 Å². The first-order chi connectivity index (χ1) is 20.2. The number of aliphatic hydroxyl groups is 2. The van der Waals surface area contributed by atoms with Crippen LogP contribution in [0.5, 0.6) is 0 Å². The van der Waals surface area contributed by atoms with Crippen LogP contribution in [0.2, 0.25) is 0 Å². The van der Waals surface area contributed by atoms with E-state index in [9.17, 15) is 28.0 Å². The lowest BCUT2D eigenvalue weighted by atomic mass is 10.0. The van der Waals surface area contributed by atoms with Gasteiger partial charge in [0.2, 0.25) is 5.91 Å². The molecule has 0 aromatic heterocycles. The van der Waals surface area contributed by atoms with Crippen LogP contribution in [0.25, 0.3) is 0 Å². The molecule has 3 atom stereocenters. The van der Waals surface area contributed by atoms with Gasteiger partial charge in [0.1, 0.15) is 6.10 Å². The van der Waals surface area contributed by atoms with Crippen molar-refractivity contribution in [2.45, 2.75) is 193 Å². The first kappa shape index (κ1) is 41.0. The number of carbonyl (C=O) groups excluding carboxylic acids is 1. The normalized spacial score (nSPS) is 14.3. The molecule has 0 fully saturated rings. The van der Waals surface area contributed by atoms with Crippen LogP contribution in [0.3, 0.4) is 0 Å². The van der Waals surface area contributed by atoms with E-state index in [2.05, 4.69) is 25.2 Å². The van der Waals surface area contributed by atoms with Crippen molar-refractivity contribution in [3.63, 3.8) is 0 Å². The van der Waals surface area contributed by atoms with E-state index in [0.717, 1.165) is 32.1 Å². The SMILES string of the molecule is CCCCCC/C=C\CCC(O)C(=O)NC(CS(=O)(=O)O)C(O)CCCCCCCCCCCCCCCCCCC. The van der Waals surface area contributed by atoms with Crippen molar-refractivity contribution >= 4 is 16.0 Å². The molecule has 0 heterocycles. The van der Waals surface area contributed by atoms with Crippen LogP contribution in [0, 0.1) is 0 Å². The van der Waals surface area contributed by atoms with E-state index in [1.54, 1.807) is 0 Å². The van der Waals surface area contributed by atoms with Crippen molar-refractivity contribution in [1.82, 2.24) is 5.32 Å². The van der Waals surface area contributed by atoms with E-state index in [-0.39, 0.29) is 6.42 Å². The van der Waals surface area contributed by atoms with Gasteiger partial charge in [0.15, 0.2) is 0 Å². The summed E-state index contributed by atoms with van der Waals surface area (Å²) in [5.74, 6) is -1.50. The molecule has 0 aromatic rings. The van der Waals surface area contributed by atoms with Crippen LogP contribution in [0.15, 0.2) is 12.2 Å². The molecule has 0 radical (unpaired) electrons. The number of carbonyl (C=O) groups is 1. The van der Waals surface area contributed by atoms with Gasteiger partial charge >= 0.3 is 0 Å². The number of rotatable bonds is 31. The first-order valence-corrected chi connectivity index (χ1v) is 19.1. The largest absolute Gasteiger partial charge is 0.391 e. The highest BCUT2D eigenvalue weighted by Gasteiger charge is 2.28. The number of hydrogen-bond donors (Lipinski definition) is 4. The van der Waals surface area contributed by atoms with Crippen molar-refractivity contribution in [2.75, 3.05) is 5.75 Å². The predicted molar refractivity (Wildman–Crippen MR) is 176 cm³/mol. The molecule has 1 amide bonds. The molecule has 4 N–H and O–H groups in total. The van der Waals surface area contributed by atoms with Crippen molar-refractivity contribution in [1.29, 1.82) is 0 Å². The fourth-order valence-corrected chi connectivity index (χ4v) is 6.10. The number of amides is 1. The molecule has 8 heteroatoms. The molecule has 0 spiro atoms. The summed E-state index contributed by atoms with van der Waals surface area (Å²) in [5, 5.41) is 23.2. The second-order valence-corrected chi connectivity index (χ2v) is 13.8. The molecule has 0 saturated heterocycles. The summed E-state index contributed by atoms with van der Waals surface area (Å²) >= 11 is 0. The number of aliphatic hydroxyl groups excluding tert-OH is 2. The van der Waals surface area contributed by atoms with Gasteiger partial charge in [-0.25, -0.2) is 0 Å². The fourth-order valence-electron chi connectivity index (χ4n) is 5.34. The summed E-state index contributed by atoms with van der Waals surface area (Å²) in [6, 6.07) is -1.16. The maximum Gasteiger partial charge on any atom is 0.266 e. The maximum absolute atomic E-state index is 12.4. The molecule has 3 unspecified atom stereocenters. The van der Waals surface area contributed by atoms with Crippen LogP contribution >= 0.6 is 0 Å². The van der Waals surface area contributed by atoms with Gasteiger partial charge in [-0.3, -0.25) is 9.35 Å². The van der Waals surface area contributed by atoms with E-state index in [4.69, 9.17) is 0 Å². The van der Waals surface area contributed by atoms with E-state index in [0.29, 0.717) is 19.3 Å². The third-order valence-electron chi connectivity index (χ3n) is 8.09. The molecule has 7 nitrogen and oxygen atoms in total. The highest BCUT2D eigenvalue weighted by atomic mass is 32.2. The number of nitrogens with one attached hydrogen (secondary N) is 1. The van der Waals surface area contributed by atoms with Gasteiger partial charge in [0.05, 0.1) is 17.9 Å². The lowest BCUT2D eigenvalue weighted by Gasteiger charge is -2.24. The lowest BCUT2D eigenvalue weighted by Crippen LogP contribution is -2.50. The molecule has 0 rings (SSSR count). The molecule has 0 saturated carbocycles. The second kappa shape index (κ2) is 28.8. The molecule has 0 bridgehead atoms. The van der Waals surface area contributed by atoms with Crippen LogP contribution in [-0.4, -0.2) is 53.1 Å². The number of unbranched alkanes of at least 4 members (excludes halogenated alkanes) is 20. The zero-order valence-electron chi connectivity index (χ0n) is 27.2. The van der Waals surface area contributed by atoms with E-state index in [1.165, 1.54) is 103 Å². The quantitative estimate of drug-likeness (QED) is 0.0352. The molecule has 0 aliphatic rings. The predicted octanol–water partition coefficient (Wildman–Crippen LogP) is 8.43. The topological polar surface area (TPSA) is 124 Å². The minimum absolute atomic E-state index is 0.213. The van der Waals surface area contributed by atoms with Gasteiger partial charge in [0.25, 0.3) is 10.1 Å². The van der Waals surface area contributed by atoms with Gasteiger partial charge < -0.3 is 15.5 Å². The summed E-state index contributed by atoms with van der Waals surface area (Å²) < 4.78 is 32.3. The second-order valence-electron chi connectivity index (χ2n) is 12.3. The third-order valence-corrected chi connectivity index (χ3v) is 8.87. The Balaban J connectivity index is 4.03. The van der Waals surface area contributed by atoms with Crippen LogP contribution in [0.4, 0.5) is 0 Å². The monoisotopic (exact) mass is 617 g/mol. The van der Waals surface area contributed by atoms with Crippen LogP contribution in [0.1, 0.15) is 174 Å². The highest BCUT2D eigenvalue weighted by molar-refractivity contribution is 7.85. The summed E-state index contributed by atoms with van der Waals surface area (Å²) in [7, 11) is -4.40. The van der Waals surface area contributed by atoms with Gasteiger partial charge in [-0.05, 0) is 32.1 Å². The Labute approximate surface area is 259 Å². The van der Waals surface area contributed by atoms with Gasteiger partial charge in [0, 0.05) is 0 Å². The minimum atomic E-state index is -4.40. The van der Waals surface area contributed by atoms with Gasteiger partial charge in [-0.15, -0.1) is 0 Å². The minimum Gasteiger partial charge on any atom is -0.391 e. The van der Waals surface area contributed by atoms with Crippen molar-refractivity contribution in [2.24, 2.45) is 0 Å². The fraction of sp³-hybridized carbons (Fsp3) is 0.912. The van der Waals surface area contributed by atoms with E-state index < -0.39 is 40.0 Å². The summed E-state index contributed by atoms with van der Waals surface area (Å²) in [6.45, 7) is 4.43. The van der Waals surface area contributed by atoms with Crippen LogP contribution < -0.4 is 5.32 Å². The number of allylic oxidation sites excluding steroid dienone is 2. The lowest BCUT2D eigenvalue weighted by molar-refractivity contribution is -0.131. The smallest absolute Gasteiger partial charge is 0.266 e. The Kier molecular flexibility index (Phi) is 28.1. The molecule has 250 valence electrons. The van der Waals surface area contributed by atoms with Crippen molar-refractivity contribution in [3.05, 3.63) is 12.2 Å². The first-order valence-electron chi connectivity index (χ1n) is 17.5. The maximum atomic E-state index is 12.4. The third kappa shape index (κ3) is 27.8. The summed E-state index contributed by atoms with van der Waals surface area (Å²) in [5.41, 5.74) is 0. The molecule has 0 aliphatic heterocycles. The molecular formula is C34H67NO6S. The Morgan fingerprint density at radius 2 is 1.02 bits per heavy atom. The summed E-state index contributed by atoms with van der Waals surface area (Å²) in [6.07, 6.45) is 29.7. The van der Waals surface area contributed by atoms with Gasteiger partial charge in [-0.1, -0.05) is 154 Å².